The Balaban J connectivity index is 1.61. The summed E-state index contributed by atoms with van der Waals surface area (Å²) in [6, 6.07) is 14.1. The Labute approximate surface area is 182 Å². The molecule has 6 heteroatoms. The predicted octanol–water partition coefficient (Wildman–Crippen LogP) is 4.51. The highest BCUT2D eigenvalue weighted by molar-refractivity contribution is 5.94. The third kappa shape index (κ3) is 5.02. The van der Waals surface area contributed by atoms with Gasteiger partial charge >= 0.3 is 0 Å². The Kier molecular flexibility index (Phi) is 6.47. The SMILES string of the molecule is Cc1ccc(C)c(-n2nc(-c3ccc(F)cc3)cc2C(=O)NCCN2CCCCC2)c1. The fourth-order valence-corrected chi connectivity index (χ4v) is 4.04. The lowest BCUT2D eigenvalue weighted by Crippen LogP contribution is -2.38. The fourth-order valence-electron chi connectivity index (χ4n) is 4.04. The number of likely N-dealkylation sites (tertiary alicyclic amines) is 1. The molecule has 0 bridgehead atoms. The molecule has 31 heavy (non-hydrogen) atoms. The van der Waals surface area contributed by atoms with E-state index in [0.717, 1.165) is 42.0 Å². The molecule has 2 heterocycles. The second-order valence-electron chi connectivity index (χ2n) is 8.28. The van der Waals surface area contributed by atoms with Crippen LogP contribution in [0.1, 0.15) is 40.9 Å². The Morgan fingerprint density at radius 1 is 1.03 bits per heavy atom. The summed E-state index contributed by atoms with van der Waals surface area (Å²) in [5.41, 5.74) is 4.88. The number of hydrogen-bond acceptors (Lipinski definition) is 3. The summed E-state index contributed by atoms with van der Waals surface area (Å²) in [6.45, 7) is 7.69. The van der Waals surface area contributed by atoms with Crippen LogP contribution < -0.4 is 5.32 Å². The summed E-state index contributed by atoms with van der Waals surface area (Å²) in [6.07, 6.45) is 3.76. The number of nitrogens with zero attached hydrogens (tertiary/aromatic N) is 3. The first kappa shape index (κ1) is 21.2. The number of nitrogens with one attached hydrogen (secondary N) is 1. The lowest BCUT2D eigenvalue weighted by Gasteiger charge is -2.26. The maximum Gasteiger partial charge on any atom is 0.270 e. The van der Waals surface area contributed by atoms with Gasteiger partial charge in [0.05, 0.1) is 11.4 Å². The molecule has 1 aliphatic rings. The molecule has 5 nitrogen and oxygen atoms in total. The van der Waals surface area contributed by atoms with E-state index in [4.69, 9.17) is 5.10 Å². The topological polar surface area (TPSA) is 50.2 Å². The molecule has 162 valence electrons. The maximum atomic E-state index is 13.4. The average molecular weight is 421 g/mol. The van der Waals surface area contributed by atoms with Crippen LogP contribution in [0.15, 0.2) is 48.5 Å². The van der Waals surface area contributed by atoms with E-state index in [1.165, 1.54) is 31.4 Å². The van der Waals surface area contributed by atoms with Crippen LogP contribution in [0.4, 0.5) is 4.39 Å². The van der Waals surface area contributed by atoms with E-state index in [-0.39, 0.29) is 11.7 Å². The molecule has 4 rings (SSSR count). The van der Waals surface area contributed by atoms with Crippen LogP contribution in [0.3, 0.4) is 0 Å². The van der Waals surface area contributed by atoms with Crippen molar-refractivity contribution in [2.45, 2.75) is 33.1 Å². The first-order valence-electron chi connectivity index (χ1n) is 11.0. The Morgan fingerprint density at radius 2 is 1.77 bits per heavy atom. The van der Waals surface area contributed by atoms with E-state index in [9.17, 15) is 9.18 Å². The smallest absolute Gasteiger partial charge is 0.270 e. The van der Waals surface area contributed by atoms with Crippen molar-refractivity contribution in [3.05, 3.63) is 71.2 Å². The first-order chi connectivity index (χ1) is 15.0. The molecule has 1 amide bonds. The molecular formula is C25H29FN4O. The van der Waals surface area contributed by atoms with Gasteiger partial charge in [0.1, 0.15) is 11.5 Å². The van der Waals surface area contributed by atoms with Crippen LogP contribution in [0.25, 0.3) is 16.9 Å². The molecule has 1 fully saturated rings. The van der Waals surface area contributed by atoms with Crippen molar-refractivity contribution in [1.29, 1.82) is 0 Å². The predicted molar refractivity (Wildman–Crippen MR) is 121 cm³/mol. The summed E-state index contributed by atoms with van der Waals surface area (Å²) in [5.74, 6) is -0.452. The molecule has 2 aromatic carbocycles. The zero-order valence-corrected chi connectivity index (χ0v) is 18.2. The van der Waals surface area contributed by atoms with Gasteiger partial charge in [-0.25, -0.2) is 9.07 Å². The Morgan fingerprint density at radius 3 is 2.52 bits per heavy atom. The Hall–Kier alpha value is -2.99. The van der Waals surface area contributed by atoms with Crippen LogP contribution >= 0.6 is 0 Å². The van der Waals surface area contributed by atoms with Gasteiger partial charge in [0, 0.05) is 18.7 Å². The minimum atomic E-state index is -0.298. The molecule has 1 saturated heterocycles. The van der Waals surface area contributed by atoms with Crippen LogP contribution in [-0.4, -0.2) is 46.8 Å². The quantitative estimate of drug-likeness (QED) is 0.638. The molecule has 0 unspecified atom stereocenters. The summed E-state index contributed by atoms with van der Waals surface area (Å²) < 4.78 is 15.1. The highest BCUT2D eigenvalue weighted by Gasteiger charge is 2.19. The van der Waals surface area contributed by atoms with Gasteiger partial charge in [-0.15, -0.1) is 0 Å². The molecule has 0 saturated carbocycles. The van der Waals surface area contributed by atoms with Gasteiger partial charge in [0.25, 0.3) is 5.91 Å². The average Bonchev–Trinajstić information content (AvgIpc) is 3.22. The van der Waals surface area contributed by atoms with Crippen molar-refractivity contribution in [3.8, 4) is 16.9 Å². The highest BCUT2D eigenvalue weighted by atomic mass is 19.1. The monoisotopic (exact) mass is 420 g/mol. The van der Waals surface area contributed by atoms with Gasteiger partial charge in [-0.05, 0) is 87.3 Å². The van der Waals surface area contributed by atoms with E-state index in [2.05, 4.69) is 10.2 Å². The highest BCUT2D eigenvalue weighted by Crippen LogP contribution is 2.24. The minimum Gasteiger partial charge on any atom is -0.349 e. The number of aryl methyl sites for hydroxylation is 2. The third-order valence-corrected chi connectivity index (χ3v) is 5.84. The van der Waals surface area contributed by atoms with Gasteiger partial charge in [0.15, 0.2) is 0 Å². The fraction of sp³-hybridized carbons (Fsp3) is 0.360. The molecular weight excluding hydrogens is 391 g/mol. The van der Waals surface area contributed by atoms with Gasteiger partial charge < -0.3 is 10.2 Å². The van der Waals surface area contributed by atoms with E-state index in [0.29, 0.717) is 17.9 Å². The summed E-state index contributed by atoms with van der Waals surface area (Å²) in [7, 11) is 0. The van der Waals surface area contributed by atoms with E-state index < -0.39 is 0 Å². The molecule has 1 N–H and O–H groups in total. The first-order valence-corrected chi connectivity index (χ1v) is 11.0. The van der Waals surface area contributed by atoms with Crippen molar-refractivity contribution >= 4 is 5.91 Å². The zero-order valence-electron chi connectivity index (χ0n) is 18.2. The van der Waals surface area contributed by atoms with Gasteiger partial charge in [-0.3, -0.25) is 4.79 Å². The molecule has 1 aliphatic heterocycles. The molecule has 0 radical (unpaired) electrons. The summed E-state index contributed by atoms with van der Waals surface area (Å²) in [4.78, 5) is 15.5. The van der Waals surface area contributed by atoms with Crippen molar-refractivity contribution in [2.24, 2.45) is 0 Å². The number of halogens is 1. The van der Waals surface area contributed by atoms with E-state index in [1.807, 2.05) is 32.0 Å². The van der Waals surface area contributed by atoms with Crippen LogP contribution in [0.2, 0.25) is 0 Å². The van der Waals surface area contributed by atoms with Gasteiger partial charge in [-0.1, -0.05) is 18.6 Å². The van der Waals surface area contributed by atoms with Crippen LogP contribution in [-0.2, 0) is 0 Å². The van der Waals surface area contributed by atoms with Gasteiger partial charge in [-0.2, -0.15) is 5.10 Å². The summed E-state index contributed by atoms with van der Waals surface area (Å²) in [5, 5.41) is 7.79. The molecule has 3 aromatic rings. The molecule has 0 spiro atoms. The Bertz CT molecular complexity index is 1050. The molecule has 0 atom stereocenters. The lowest BCUT2D eigenvalue weighted by molar-refractivity contribution is 0.0939. The number of piperidine rings is 1. The van der Waals surface area contributed by atoms with E-state index >= 15 is 0 Å². The van der Waals surface area contributed by atoms with Crippen molar-refractivity contribution < 1.29 is 9.18 Å². The molecule has 0 aliphatic carbocycles. The van der Waals surface area contributed by atoms with E-state index in [1.54, 1.807) is 22.9 Å². The minimum absolute atomic E-state index is 0.154. The summed E-state index contributed by atoms with van der Waals surface area (Å²) >= 11 is 0. The molecule has 1 aromatic heterocycles. The number of amides is 1. The standard InChI is InChI=1S/C25H29FN4O/c1-18-6-7-19(2)23(16-18)30-24(17-22(28-30)20-8-10-21(26)11-9-20)25(31)27-12-15-29-13-4-3-5-14-29/h6-11,16-17H,3-5,12-15H2,1-2H3,(H,27,31). The number of hydrogen-bond donors (Lipinski definition) is 1. The van der Waals surface area contributed by atoms with Crippen LogP contribution in [0, 0.1) is 19.7 Å². The number of benzene rings is 2. The van der Waals surface area contributed by atoms with Crippen molar-refractivity contribution in [2.75, 3.05) is 26.2 Å². The lowest BCUT2D eigenvalue weighted by atomic mass is 10.1. The second-order valence-corrected chi connectivity index (χ2v) is 8.28. The zero-order chi connectivity index (χ0) is 21.8. The number of rotatable bonds is 6. The second kappa shape index (κ2) is 9.43. The maximum absolute atomic E-state index is 13.4. The van der Waals surface area contributed by atoms with Crippen LogP contribution in [0.5, 0.6) is 0 Å². The number of carbonyl (C=O) groups excluding carboxylic acids is 1. The third-order valence-electron chi connectivity index (χ3n) is 5.84. The number of carbonyl (C=O) groups is 1. The van der Waals surface area contributed by atoms with Crippen molar-refractivity contribution in [1.82, 2.24) is 20.0 Å². The number of aromatic nitrogens is 2. The largest absolute Gasteiger partial charge is 0.349 e. The van der Waals surface area contributed by atoms with Crippen molar-refractivity contribution in [3.63, 3.8) is 0 Å². The normalized spacial score (nSPS) is 14.5. The van der Waals surface area contributed by atoms with Gasteiger partial charge in [0.2, 0.25) is 0 Å².